The zero-order valence-electron chi connectivity index (χ0n) is 28.9. The van der Waals surface area contributed by atoms with Gasteiger partial charge in [-0.25, -0.2) is 0 Å². The quantitative estimate of drug-likeness (QED) is 0.0493. The van der Waals surface area contributed by atoms with Crippen LogP contribution in [0.5, 0.6) is 5.75 Å². The van der Waals surface area contributed by atoms with Gasteiger partial charge in [0, 0.05) is 48.8 Å². The maximum Gasteiger partial charge on any atom is 0.355 e. The number of nitrogens with two attached hydrogens (primary N) is 2. The van der Waals surface area contributed by atoms with Gasteiger partial charge in [0.15, 0.2) is 0 Å². The number of carbonyl (C=O) groups is 2. The van der Waals surface area contributed by atoms with E-state index in [-0.39, 0.29) is 33.1 Å². The summed E-state index contributed by atoms with van der Waals surface area (Å²) in [5.41, 5.74) is 15.9. The average molecular weight is 701 g/mol. The maximum absolute atomic E-state index is 13.7. The van der Waals surface area contributed by atoms with E-state index in [1.165, 1.54) is 16.9 Å². The summed E-state index contributed by atoms with van der Waals surface area (Å²) in [7, 11) is 1.67. The number of allylic oxidation sites excluding steroid dienone is 2. The van der Waals surface area contributed by atoms with Crippen LogP contribution in [-0.4, -0.2) is 85.8 Å². The molecule has 14 heteroatoms. The van der Waals surface area contributed by atoms with Crippen LogP contribution in [0.1, 0.15) is 57.5 Å². The van der Waals surface area contributed by atoms with Crippen molar-refractivity contribution in [1.82, 2.24) is 4.90 Å². The van der Waals surface area contributed by atoms with Crippen LogP contribution in [0.3, 0.4) is 0 Å². The molecule has 0 radical (unpaired) electrons. The number of ether oxygens (including phenoxy) is 2. The summed E-state index contributed by atoms with van der Waals surface area (Å²) in [5.74, 6) is -0.742. The van der Waals surface area contributed by atoms with Crippen LogP contribution in [0.25, 0.3) is 11.1 Å². The zero-order chi connectivity index (χ0) is 36.3. The van der Waals surface area contributed by atoms with Crippen molar-refractivity contribution in [1.29, 1.82) is 5.53 Å². The first-order valence-electron chi connectivity index (χ1n) is 17.4. The van der Waals surface area contributed by atoms with Crippen molar-refractivity contribution in [3.05, 3.63) is 104 Å². The molecule has 1 aliphatic heterocycles. The summed E-state index contributed by atoms with van der Waals surface area (Å²) in [6.07, 6.45) is 4.87. The molecule has 1 aliphatic carbocycles. The average Bonchev–Trinajstić information content (AvgIpc) is 3.13. The smallest absolute Gasteiger partial charge is 0.355 e. The van der Waals surface area contributed by atoms with E-state index in [4.69, 9.17) is 20.7 Å². The number of unbranched alkanes of at least 4 members (excludes halogenated alkanes) is 2. The lowest BCUT2D eigenvalue weighted by Crippen LogP contribution is -2.85. The normalized spacial score (nSPS) is 14.8. The monoisotopic (exact) mass is 700 g/mol. The van der Waals surface area contributed by atoms with Gasteiger partial charge in [-0.15, -0.1) is 0 Å². The van der Waals surface area contributed by atoms with Gasteiger partial charge in [-0.05, 0) is 78.0 Å². The SMILES string of the molecule is COc1cc(CCCN2CCOCC2)ccc1-c1ccc(CC[NH2+]C2=C([N+](=N)[O-])C(=O)c3cc([N+](=O)[O-])c(NCCCCCN)cc3C2=O)cc1. The van der Waals surface area contributed by atoms with Crippen molar-refractivity contribution >= 4 is 22.9 Å². The fourth-order valence-corrected chi connectivity index (χ4v) is 6.51. The third-order valence-electron chi connectivity index (χ3n) is 9.29. The first-order chi connectivity index (χ1) is 24.7. The van der Waals surface area contributed by atoms with Gasteiger partial charge < -0.3 is 31.0 Å². The Kier molecular flexibility index (Phi) is 13.0. The minimum atomic E-state index is -0.903. The fraction of sp³-hybridized carbons (Fsp3) is 0.405. The summed E-state index contributed by atoms with van der Waals surface area (Å²) in [6.45, 7) is 5.86. The van der Waals surface area contributed by atoms with Crippen LogP contribution in [0.2, 0.25) is 0 Å². The van der Waals surface area contributed by atoms with Crippen molar-refractivity contribution < 1.29 is 34.2 Å². The number of nitro groups is 1. The molecule has 270 valence electrons. The number of hydroxylamine groups is 1. The molecule has 1 saturated heterocycles. The number of morpholine rings is 1. The number of nitrogens with one attached hydrogen (secondary N) is 2. The van der Waals surface area contributed by atoms with Crippen LogP contribution in [0.4, 0.5) is 11.4 Å². The first kappa shape index (κ1) is 37.2. The minimum absolute atomic E-state index is 0.0478. The lowest BCUT2D eigenvalue weighted by atomic mass is 9.89. The van der Waals surface area contributed by atoms with Gasteiger partial charge in [0.1, 0.15) is 11.4 Å². The number of aryl methyl sites for hydroxylation is 1. The summed E-state index contributed by atoms with van der Waals surface area (Å²) in [5, 5.41) is 28.6. The molecule has 0 unspecified atom stereocenters. The number of benzene rings is 3. The predicted octanol–water partition coefficient (Wildman–Crippen LogP) is 4.01. The van der Waals surface area contributed by atoms with Gasteiger partial charge in [0.25, 0.3) is 23.0 Å². The second kappa shape index (κ2) is 17.8. The molecular formula is C37H46N7O7+. The Morgan fingerprint density at radius 2 is 1.65 bits per heavy atom. The van der Waals surface area contributed by atoms with E-state index >= 15 is 0 Å². The van der Waals surface area contributed by atoms with Gasteiger partial charge in [-0.3, -0.25) is 24.6 Å². The summed E-state index contributed by atoms with van der Waals surface area (Å²) >= 11 is 0. The van der Waals surface area contributed by atoms with Gasteiger partial charge in [-0.1, -0.05) is 42.8 Å². The molecular weight excluding hydrogens is 654 g/mol. The van der Waals surface area contributed by atoms with E-state index in [2.05, 4.69) is 28.4 Å². The lowest BCUT2D eigenvalue weighted by Gasteiger charge is -2.26. The van der Waals surface area contributed by atoms with E-state index in [9.17, 15) is 24.9 Å². The third-order valence-corrected chi connectivity index (χ3v) is 9.29. The Balaban J connectivity index is 1.24. The number of quaternary nitrogens is 1. The molecule has 51 heavy (non-hydrogen) atoms. The predicted molar refractivity (Wildman–Crippen MR) is 191 cm³/mol. The van der Waals surface area contributed by atoms with Crippen LogP contribution in [-0.2, 0) is 17.6 Å². The van der Waals surface area contributed by atoms with Crippen molar-refractivity contribution in [2.75, 3.05) is 64.9 Å². The van der Waals surface area contributed by atoms with Crippen LogP contribution in [0, 0.1) is 20.9 Å². The first-order valence-corrected chi connectivity index (χ1v) is 17.4. The molecule has 3 aromatic rings. The van der Waals surface area contributed by atoms with E-state index in [1.807, 2.05) is 24.3 Å². The van der Waals surface area contributed by atoms with Gasteiger partial charge >= 0.3 is 5.70 Å². The highest BCUT2D eigenvalue weighted by Gasteiger charge is 2.43. The van der Waals surface area contributed by atoms with Crippen molar-refractivity contribution in [2.24, 2.45) is 5.73 Å². The number of carbonyl (C=O) groups excluding carboxylic acids is 2. The van der Waals surface area contributed by atoms with Crippen LogP contribution in [0.15, 0.2) is 66.0 Å². The highest BCUT2D eigenvalue weighted by atomic mass is 16.6. The Bertz CT molecular complexity index is 1790. The number of nitro benzene ring substituents is 1. The molecule has 0 saturated carbocycles. The summed E-state index contributed by atoms with van der Waals surface area (Å²) in [6, 6.07) is 16.6. The molecule has 0 amide bonds. The number of anilines is 1. The van der Waals surface area contributed by atoms with Crippen LogP contribution < -0.4 is 21.1 Å². The molecule has 1 fully saturated rings. The zero-order valence-corrected chi connectivity index (χ0v) is 28.9. The number of rotatable bonds is 18. The molecule has 5 rings (SSSR count). The summed E-state index contributed by atoms with van der Waals surface area (Å²) < 4.78 is 11.2. The molecule has 2 aliphatic rings. The van der Waals surface area contributed by atoms with Crippen molar-refractivity contribution in [3.63, 3.8) is 0 Å². The third kappa shape index (κ3) is 9.21. The molecule has 3 aromatic carbocycles. The number of Topliss-reactive ketones (excluding diaryl/α,β-unsaturated/α-hetero) is 2. The fourth-order valence-electron chi connectivity index (χ4n) is 6.51. The van der Waals surface area contributed by atoms with Gasteiger partial charge in [-0.2, -0.15) is 0 Å². The number of ketones is 2. The van der Waals surface area contributed by atoms with E-state index in [1.54, 1.807) is 7.11 Å². The Morgan fingerprint density at radius 1 is 0.922 bits per heavy atom. The minimum Gasteiger partial charge on any atom is -0.594 e. The van der Waals surface area contributed by atoms with Crippen LogP contribution >= 0.6 is 0 Å². The highest BCUT2D eigenvalue weighted by Crippen LogP contribution is 2.34. The maximum atomic E-state index is 13.7. The van der Waals surface area contributed by atoms with Gasteiger partial charge in [0.05, 0.1) is 31.8 Å². The molecule has 0 aromatic heterocycles. The second-order valence-corrected chi connectivity index (χ2v) is 12.7. The highest BCUT2D eigenvalue weighted by molar-refractivity contribution is 6.25. The number of nitrogens with zero attached hydrogens (tertiary/aromatic N) is 3. The van der Waals surface area contributed by atoms with E-state index in [0.717, 1.165) is 87.0 Å². The lowest BCUT2D eigenvalue weighted by molar-refractivity contribution is -0.611. The van der Waals surface area contributed by atoms with Gasteiger partial charge in [0.2, 0.25) is 0 Å². The molecule has 14 nitrogen and oxygen atoms in total. The molecule has 6 N–H and O–H groups in total. The Morgan fingerprint density at radius 3 is 2.33 bits per heavy atom. The summed E-state index contributed by atoms with van der Waals surface area (Å²) in [4.78, 5) is 40.3. The largest absolute Gasteiger partial charge is 0.594 e. The standard InChI is InChI=1S/C37H45N7O7/c1-50-33-22-26(6-5-17-42-18-20-51-21-19-42)9-12-28(33)27-10-7-25(8-11-27)13-16-41-34-35(43(39)47)37(46)30-24-32(44(48)49)31(23-29(30)36(34)45)40-15-4-2-3-14-38/h7-12,22-24,39-41H,2-6,13-21,38H2,1H3/p+1. The van der Waals surface area contributed by atoms with E-state index < -0.39 is 22.2 Å². The Labute approximate surface area is 296 Å². The van der Waals surface area contributed by atoms with Crippen molar-refractivity contribution in [2.45, 2.75) is 38.5 Å². The van der Waals surface area contributed by atoms with E-state index in [0.29, 0.717) is 32.5 Å². The molecule has 0 spiro atoms. The topological polar surface area (TPSA) is 204 Å². The number of hydrogen-bond donors (Lipinski definition) is 4. The molecule has 0 atom stereocenters. The van der Waals surface area contributed by atoms with Crippen molar-refractivity contribution in [3.8, 4) is 16.9 Å². The number of hydrogen-bond acceptors (Lipinski definition) is 11. The molecule has 0 bridgehead atoms. The molecule has 1 heterocycles. The number of methoxy groups -OCH3 is 1. The Hall–Kier alpha value is -5.02. The number of fused-ring (bicyclic) bond motifs is 1. The second-order valence-electron chi connectivity index (χ2n) is 12.7.